The molecule has 0 fully saturated rings. The second kappa shape index (κ2) is 4.10. The van der Waals surface area contributed by atoms with E-state index in [4.69, 9.17) is 5.73 Å². The maximum atomic E-state index is 12.3. The van der Waals surface area contributed by atoms with Crippen molar-refractivity contribution in [2.24, 2.45) is 0 Å². The van der Waals surface area contributed by atoms with Gasteiger partial charge in [0.15, 0.2) is 5.78 Å². The molecule has 104 valence electrons. The van der Waals surface area contributed by atoms with Crippen molar-refractivity contribution in [2.75, 3.05) is 5.73 Å². The molecule has 0 heterocycles. The maximum absolute atomic E-state index is 12.3. The van der Waals surface area contributed by atoms with E-state index in [1.54, 1.807) is 6.07 Å². The van der Waals surface area contributed by atoms with E-state index in [0.717, 1.165) is 12.1 Å². The summed E-state index contributed by atoms with van der Waals surface area (Å²) in [5.74, 6) is -0.537. The van der Waals surface area contributed by atoms with Crippen LogP contribution >= 0.6 is 0 Å². The molecule has 2 aromatic carbocycles. The fourth-order valence-electron chi connectivity index (χ4n) is 2.49. The van der Waals surface area contributed by atoms with Crippen molar-refractivity contribution >= 4 is 22.8 Å². The van der Waals surface area contributed by atoms with Gasteiger partial charge in [-0.25, -0.2) is 0 Å². The lowest BCUT2D eigenvalue weighted by Crippen LogP contribution is -2.01. The smallest absolute Gasteiger partial charge is 0.284 e. The van der Waals surface area contributed by atoms with Gasteiger partial charge < -0.3 is 5.73 Å². The Bertz CT molecular complexity index is 844. The van der Waals surface area contributed by atoms with E-state index in [2.05, 4.69) is 0 Å². The molecule has 0 saturated carbocycles. The lowest BCUT2D eigenvalue weighted by Gasteiger charge is -2.02. The summed E-state index contributed by atoms with van der Waals surface area (Å²) < 4.78 is 0. The van der Waals surface area contributed by atoms with Crippen molar-refractivity contribution in [3.63, 3.8) is 0 Å². The van der Waals surface area contributed by atoms with Crippen molar-refractivity contribution in [1.82, 2.24) is 0 Å². The number of nitro benzene ring substituents is 2. The van der Waals surface area contributed by atoms with E-state index in [1.165, 1.54) is 12.1 Å². The Labute approximate surface area is 117 Å². The third-order valence-electron chi connectivity index (χ3n) is 3.35. The quantitative estimate of drug-likeness (QED) is 0.436. The number of non-ortho nitro benzene ring substituents is 1. The first-order chi connectivity index (χ1) is 9.91. The molecule has 0 unspecified atom stereocenters. The molecule has 1 aliphatic rings. The van der Waals surface area contributed by atoms with E-state index < -0.39 is 27.0 Å². The van der Waals surface area contributed by atoms with E-state index in [0.29, 0.717) is 5.56 Å². The second-order valence-electron chi connectivity index (χ2n) is 4.50. The predicted octanol–water partition coefficient (Wildman–Crippen LogP) is 2.30. The van der Waals surface area contributed by atoms with Crippen molar-refractivity contribution in [3.8, 4) is 11.1 Å². The van der Waals surface area contributed by atoms with E-state index in [-0.39, 0.29) is 22.4 Å². The standard InChI is InChI=1S/C13H7N3O5/c14-9-3-1-2-7-11-8(13(17)12(7)9)4-6(15(18)19)5-10(11)16(20)21/h1-5H,14H2. The number of nitrogens with two attached hydrogens (primary N) is 1. The van der Waals surface area contributed by atoms with Gasteiger partial charge in [-0.3, -0.25) is 25.0 Å². The number of nitrogen functional groups attached to an aromatic ring is 1. The molecule has 0 saturated heterocycles. The number of nitro groups is 2. The van der Waals surface area contributed by atoms with Crippen LogP contribution < -0.4 is 5.73 Å². The summed E-state index contributed by atoms with van der Waals surface area (Å²) >= 11 is 0. The Morgan fingerprint density at radius 2 is 1.67 bits per heavy atom. The number of ketones is 1. The zero-order valence-corrected chi connectivity index (χ0v) is 10.4. The molecule has 21 heavy (non-hydrogen) atoms. The number of nitrogens with zero attached hydrogens (tertiary/aromatic N) is 2. The first-order valence-corrected chi connectivity index (χ1v) is 5.82. The fourth-order valence-corrected chi connectivity index (χ4v) is 2.49. The van der Waals surface area contributed by atoms with Crippen LogP contribution in [0.5, 0.6) is 0 Å². The van der Waals surface area contributed by atoms with E-state index in [1.807, 2.05) is 0 Å². The molecule has 0 aliphatic heterocycles. The van der Waals surface area contributed by atoms with Gasteiger partial charge in [-0.05, 0) is 6.07 Å². The number of fused-ring (bicyclic) bond motifs is 3. The first kappa shape index (κ1) is 12.7. The molecule has 2 N–H and O–H groups in total. The Morgan fingerprint density at radius 1 is 0.952 bits per heavy atom. The fraction of sp³-hybridized carbons (Fsp3) is 0. The molecule has 3 rings (SSSR count). The molecular formula is C13H7N3O5. The highest BCUT2D eigenvalue weighted by Gasteiger charge is 2.36. The highest BCUT2D eigenvalue weighted by Crippen LogP contribution is 2.45. The zero-order valence-electron chi connectivity index (χ0n) is 10.4. The van der Waals surface area contributed by atoms with Crippen molar-refractivity contribution in [1.29, 1.82) is 0 Å². The topological polar surface area (TPSA) is 129 Å². The van der Waals surface area contributed by atoms with Crippen LogP contribution in [0, 0.1) is 20.2 Å². The molecule has 8 nitrogen and oxygen atoms in total. The van der Waals surface area contributed by atoms with Crippen LogP contribution in [0.3, 0.4) is 0 Å². The average Bonchev–Trinajstić information content (AvgIpc) is 2.72. The number of carbonyl (C=O) groups is 1. The lowest BCUT2D eigenvalue weighted by molar-refractivity contribution is -0.393. The van der Waals surface area contributed by atoms with Gasteiger partial charge in [0.1, 0.15) is 0 Å². The third-order valence-corrected chi connectivity index (χ3v) is 3.35. The number of carbonyl (C=O) groups excluding carboxylic acids is 1. The van der Waals surface area contributed by atoms with Gasteiger partial charge in [-0.15, -0.1) is 0 Å². The van der Waals surface area contributed by atoms with Crippen LogP contribution in [0.15, 0.2) is 30.3 Å². The summed E-state index contributed by atoms with van der Waals surface area (Å²) in [6.45, 7) is 0. The van der Waals surface area contributed by atoms with Crippen LogP contribution in [0.1, 0.15) is 15.9 Å². The van der Waals surface area contributed by atoms with E-state index in [9.17, 15) is 25.0 Å². The Kier molecular flexibility index (Phi) is 2.49. The number of hydrogen-bond donors (Lipinski definition) is 1. The molecule has 1 aliphatic carbocycles. The molecule has 0 radical (unpaired) electrons. The largest absolute Gasteiger partial charge is 0.398 e. The summed E-state index contributed by atoms with van der Waals surface area (Å²) in [7, 11) is 0. The van der Waals surface area contributed by atoms with Gasteiger partial charge in [0.25, 0.3) is 11.4 Å². The number of benzene rings is 2. The number of rotatable bonds is 2. The molecule has 0 atom stereocenters. The number of hydrogen-bond acceptors (Lipinski definition) is 6. The Balaban J connectivity index is 2.43. The average molecular weight is 285 g/mol. The predicted molar refractivity (Wildman–Crippen MR) is 73.0 cm³/mol. The molecule has 0 amide bonds. The molecular weight excluding hydrogens is 278 g/mol. The number of anilines is 1. The van der Waals surface area contributed by atoms with Crippen molar-refractivity contribution < 1.29 is 14.6 Å². The summed E-state index contributed by atoms with van der Waals surface area (Å²) in [4.78, 5) is 32.9. The highest BCUT2D eigenvalue weighted by molar-refractivity contribution is 6.25. The molecule has 0 aromatic heterocycles. The van der Waals surface area contributed by atoms with Crippen LogP contribution in [-0.2, 0) is 0 Å². The SMILES string of the molecule is Nc1cccc2c1C(=O)c1cc([N+](=O)[O-])cc([N+](=O)[O-])c1-2. The van der Waals surface area contributed by atoms with Crippen LogP contribution in [0.4, 0.5) is 17.1 Å². The third kappa shape index (κ3) is 1.66. The Hall–Kier alpha value is -3.29. The minimum atomic E-state index is -0.771. The maximum Gasteiger partial charge on any atom is 0.284 e. The molecule has 0 spiro atoms. The zero-order chi connectivity index (χ0) is 15.3. The first-order valence-electron chi connectivity index (χ1n) is 5.82. The van der Waals surface area contributed by atoms with Crippen molar-refractivity contribution in [2.45, 2.75) is 0 Å². The molecule has 0 bridgehead atoms. The van der Waals surface area contributed by atoms with Gasteiger partial charge >= 0.3 is 0 Å². The molecule has 2 aromatic rings. The van der Waals surface area contributed by atoms with Crippen LogP contribution in [-0.4, -0.2) is 15.6 Å². The lowest BCUT2D eigenvalue weighted by atomic mass is 10.0. The monoisotopic (exact) mass is 285 g/mol. The van der Waals surface area contributed by atoms with Gasteiger partial charge in [-0.2, -0.15) is 0 Å². The van der Waals surface area contributed by atoms with Crippen molar-refractivity contribution in [3.05, 3.63) is 61.7 Å². The van der Waals surface area contributed by atoms with Gasteiger partial charge in [0.2, 0.25) is 0 Å². The second-order valence-corrected chi connectivity index (χ2v) is 4.50. The van der Waals surface area contributed by atoms with Gasteiger partial charge in [0, 0.05) is 22.9 Å². The summed E-state index contributed by atoms with van der Waals surface area (Å²) in [6.07, 6.45) is 0. The minimum absolute atomic E-state index is 0.0659. The summed E-state index contributed by atoms with van der Waals surface area (Å²) in [5, 5.41) is 22.0. The summed E-state index contributed by atoms with van der Waals surface area (Å²) in [6, 6.07) is 6.51. The van der Waals surface area contributed by atoms with Crippen LogP contribution in [0.2, 0.25) is 0 Å². The van der Waals surface area contributed by atoms with Crippen LogP contribution in [0.25, 0.3) is 11.1 Å². The van der Waals surface area contributed by atoms with Gasteiger partial charge in [0.05, 0.1) is 27.0 Å². The normalized spacial score (nSPS) is 11.9. The molecule has 8 heteroatoms. The minimum Gasteiger partial charge on any atom is -0.398 e. The summed E-state index contributed by atoms with van der Waals surface area (Å²) in [5.41, 5.74) is 5.45. The highest BCUT2D eigenvalue weighted by atomic mass is 16.6. The van der Waals surface area contributed by atoms with Gasteiger partial charge in [-0.1, -0.05) is 12.1 Å². The Morgan fingerprint density at radius 3 is 2.29 bits per heavy atom. The van der Waals surface area contributed by atoms with E-state index >= 15 is 0 Å².